The van der Waals surface area contributed by atoms with Crippen LogP contribution in [0.25, 0.3) is 0 Å². The first-order valence-corrected chi connectivity index (χ1v) is 1.95. The van der Waals surface area contributed by atoms with Crippen molar-refractivity contribution in [2.45, 2.75) is 0 Å². The molecule has 0 unspecified atom stereocenters. The van der Waals surface area contributed by atoms with E-state index in [9.17, 15) is 0 Å². The van der Waals surface area contributed by atoms with E-state index in [-0.39, 0.29) is 0 Å². The molecule has 0 spiro atoms. The Morgan fingerprint density at radius 2 is 2.29 bits per heavy atom. The van der Waals surface area contributed by atoms with Gasteiger partial charge in [0.2, 0.25) is 0 Å². The first kappa shape index (κ1) is 6.08. The molecule has 2 heteroatoms. The summed E-state index contributed by atoms with van der Waals surface area (Å²) in [4.78, 5) is 7.12. The molecule has 0 radical (unpaired) electrons. The molecule has 0 aromatic rings. The van der Waals surface area contributed by atoms with Crippen LogP contribution in [-0.4, -0.2) is 20.0 Å². The minimum atomic E-state index is 1.58. The van der Waals surface area contributed by atoms with Gasteiger partial charge in [0.05, 0.1) is 0 Å². The third kappa shape index (κ3) is 5.08. The fourth-order valence-corrected chi connectivity index (χ4v) is 0.185. The molecule has 0 aliphatic carbocycles. The average Bonchev–Trinajstić information content (AvgIpc) is 1.69. The second kappa shape index (κ2) is 5.08. The summed E-state index contributed by atoms with van der Waals surface area (Å²) in [5.74, 6) is 0. The maximum atomic E-state index is 3.67. The van der Waals surface area contributed by atoms with Crippen LogP contribution in [0.5, 0.6) is 0 Å². The molecule has 0 N–H and O–H groups in total. The topological polar surface area (TPSA) is 24.7 Å². The van der Waals surface area contributed by atoms with Gasteiger partial charge >= 0.3 is 0 Å². The fourth-order valence-electron chi connectivity index (χ4n) is 0.185. The van der Waals surface area contributed by atoms with Crippen molar-refractivity contribution in [3.63, 3.8) is 0 Å². The van der Waals surface area contributed by atoms with Gasteiger partial charge in [-0.1, -0.05) is 0 Å². The number of aliphatic imine (C=N–C) groups is 2. The molecule has 0 aliphatic heterocycles. The largest absolute Gasteiger partial charge is 0.296 e. The van der Waals surface area contributed by atoms with Crippen molar-refractivity contribution in [2.75, 3.05) is 7.05 Å². The summed E-state index contributed by atoms with van der Waals surface area (Å²) in [6, 6.07) is 0. The molecule has 0 aromatic heterocycles. The van der Waals surface area contributed by atoms with Gasteiger partial charge in [0, 0.05) is 19.5 Å². The lowest BCUT2D eigenvalue weighted by Gasteiger charge is -1.66. The summed E-state index contributed by atoms with van der Waals surface area (Å²) in [5.41, 5.74) is 0. The van der Waals surface area contributed by atoms with Crippen molar-refractivity contribution in [1.82, 2.24) is 0 Å². The Bertz CT molecular complexity index is 92.3. The van der Waals surface area contributed by atoms with Crippen LogP contribution in [0.4, 0.5) is 0 Å². The average molecular weight is 96.1 g/mol. The molecule has 0 rings (SSSR count). The van der Waals surface area contributed by atoms with Gasteiger partial charge in [0.15, 0.2) is 0 Å². The number of allylic oxidation sites excluding steroid dienone is 1. The molecule has 7 heavy (non-hydrogen) atoms. The summed E-state index contributed by atoms with van der Waals surface area (Å²) in [6.07, 6.45) is 4.94. The highest BCUT2D eigenvalue weighted by molar-refractivity contribution is 5.70. The van der Waals surface area contributed by atoms with Crippen molar-refractivity contribution < 1.29 is 0 Å². The zero-order valence-corrected chi connectivity index (χ0v) is 4.33. The Hall–Kier alpha value is -0.920. The number of nitrogens with zero attached hydrogens (tertiary/aromatic N) is 2. The molecule has 0 fully saturated rings. The van der Waals surface area contributed by atoms with Gasteiger partial charge in [-0.3, -0.25) is 9.98 Å². The second-order valence-electron chi connectivity index (χ2n) is 0.931. The molecule has 0 heterocycles. The van der Waals surface area contributed by atoms with E-state index >= 15 is 0 Å². The highest BCUT2D eigenvalue weighted by Crippen LogP contribution is 1.65. The first-order chi connectivity index (χ1) is 3.41. The predicted octanol–water partition coefficient (Wildman–Crippen LogP) is 0.901. The molecular formula is C5H8N2. The smallest absolute Gasteiger partial charge is 0.0277 e. The Morgan fingerprint density at radius 1 is 1.57 bits per heavy atom. The van der Waals surface area contributed by atoms with Crippen LogP contribution in [0.2, 0.25) is 0 Å². The Labute approximate surface area is 43.3 Å². The van der Waals surface area contributed by atoms with Crippen molar-refractivity contribution >= 4 is 12.9 Å². The molecular weight excluding hydrogens is 88.1 g/mol. The van der Waals surface area contributed by atoms with Crippen LogP contribution in [0.1, 0.15) is 0 Å². The van der Waals surface area contributed by atoms with E-state index < -0.39 is 0 Å². The normalized spacial score (nSPS) is 11.0. The van der Waals surface area contributed by atoms with E-state index in [0.29, 0.717) is 0 Å². The zero-order chi connectivity index (χ0) is 5.54. The Morgan fingerprint density at radius 3 is 2.71 bits per heavy atom. The summed E-state index contributed by atoms with van der Waals surface area (Å²) >= 11 is 0. The van der Waals surface area contributed by atoms with E-state index in [2.05, 4.69) is 16.7 Å². The van der Waals surface area contributed by atoms with Crippen LogP contribution in [-0.2, 0) is 0 Å². The van der Waals surface area contributed by atoms with Gasteiger partial charge in [-0.2, -0.15) is 0 Å². The summed E-state index contributed by atoms with van der Waals surface area (Å²) in [5, 5.41) is 0. The molecule has 38 valence electrons. The molecule has 0 saturated heterocycles. The van der Waals surface area contributed by atoms with Gasteiger partial charge < -0.3 is 0 Å². The quantitative estimate of drug-likeness (QED) is 0.456. The van der Waals surface area contributed by atoms with Gasteiger partial charge in [-0.25, -0.2) is 0 Å². The third-order valence-electron chi connectivity index (χ3n) is 0.427. The Kier molecular flexibility index (Phi) is 4.41. The summed E-state index contributed by atoms with van der Waals surface area (Å²) in [6.45, 7) is 3.23. The molecule has 2 nitrogen and oxygen atoms in total. The van der Waals surface area contributed by atoms with Crippen molar-refractivity contribution in [1.29, 1.82) is 0 Å². The lowest BCUT2D eigenvalue weighted by atomic mass is 10.7. The fraction of sp³-hybridized carbons (Fsp3) is 0.200. The molecule has 0 bridgehead atoms. The molecule has 0 atom stereocenters. The third-order valence-corrected chi connectivity index (χ3v) is 0.427. The molecule has 0 aliphatic rings. The molecule has 0 aromatic carbocycles. The van der Waals surface area contributed by atoms with E-state index in [1.807, 2.05) is 0 Å². The molecule has 0 amide bonds. The minimum absolute atomic E-state index is 1.58. The number of hydrogen-bond donors (Lipinski definition) is 0. The van der Waals surface area contributed by atoms with Crippen molar-refractivity contribution in [2.24, 2.45) is 9.98 Å². The van der Waals surface area contributed by atoms with Gasteiger partial charge in [-0.05, 0) is 12.8 Å². The SMILES string of the molecule is C=NC=CC=NC. The van der Waals surface area contributed by atoms with Crippen LogP contribution >= 0.6 is 0 Å². The number of hydrogen-bond acceptors (Lipinski definition) is 2. The highest BCUT2D eigenvalue weighted by atomic mass is 14.6. The van der Waals surface area contributed by atoms with Crippen LogP contribution < -0.4 is 0 Å². The lowest BCUT2D eigenvalue weighted by Crippen LogP contribution is -1.57. The van der Waals surface area contributed by atoms with Gasteiger partial charge in [-0.15, -0.1) is 0 Å². The second-order valence-corrected chi connectivity index (χ2v) is 0.931. The molecule has 0 saturated carbocycles. The van der Waals surface area contributed by atoms with Gasteiger partial charge in [0.1, 0.15) is 0 Å². The first-order valence-electron chi connectivity index (χ1n) is 1.95. The monoisotopic (exact) mass is 96.1 g/mol. The predicted molar refractivity (Wildman–Crippen MR) is 33.1 cm³/mol. The van der Waals surface area contributed by atoms with Crippen LogP contribution in [0, 0.1) is 0 Å². The van der Waals surface area contributed by atoms with E-state index in [1.54, 1.807) is 25.5 Å². The van der Waals surface area contributed by atoms with Crippen molar-refractivity contribution in [3.05, 3.63) is 12.3 Å². The standard InChI is InChI=1S/C5H8N2/c1-6-4-3-5-7-2/h3-5H,1H2,2H3. The van der Waals surface area contributed by atoms with E-state index in [4.69, 9.17) is 0 Å². The van der Waals surface area contributed by atoms with E-state index in [0.717, 1.165) is 0 Å². The zero-order valence-electron chi connectivity index (χ0n) is 4.33. The summed E-state index contributed by atoms with van der Waals surface area (Å²) < 4.78 is 0. The van der Waals surface area contributed by atoms with Gasteiger partial charge in [0.25, 0.3) is 0 Å². The van der Waals surface area contributed by atoms with E-state index in [1.165, 1.54) is 0 Å². The Balaban J connectivity index is 3.27. The highest BCUT2D eigenvalue weighted by Gasteiger charge is 1.53. The van der Waals surface area contributed by atoms with Crippen molar-refractivity contribution in [3.8, 4) is 0 Å². The lowest BCUT2D eigenvalue weighted by molar-refractivity contribution is 1.47. The maximum Gasteiger partial charge on any atom is 0.0277 e. The summed E-state index contributed by atoms with van der Waals surface area (Å²) in [7, 11) is 1.70. The minimum Gasteiger partial charge on any atom is -0.296 e. The van der Waals surface area contributed by atoms with Crippen LogP contribution in [0.15, 0.2) is 22.3 Å². The number of rotatable bonds is 2. The maximum absolute atomic E-state index is 3.67. The van der Waals surface area contributed by atoms with Crippen LogP contribution in [0.3, 0.4) is 0 Å².